The van der Waals surface area contributed by atoms with Gasteiger partial charge in [0.25, 0.3) is 11.1 Å². The molecule has 0 saturated carbocycles. The molecule has 4 saturated heterocycles. The van der Waals surface area contributed by atoms with Crippen LogP contribution in [-0.4, -0.2) is 256 Å². The molecule has 4 aliphatic heterocycles. The molecule has 4 aliphatic rings. The Labute approximate surface area is 525 Å². The highest BCUT2D eigenvalue weighted by Crippen LogP contribution is 2.44. The standard InChI is InChI=1S/C16H23N2O5P.C14H23N2O4PS.2C13H21N2O4PS/c1-5-6-10-9-18(16(22)17-14(10)21)15-13(20)12(19)11(23-15)7-8-24(2,3)4;1-16-7-8(13(22)15-14(16)19)12-11(18)10(17)9(20-12)5-6-21(2,3)4;1-20(2,3)5-4-8-9(16)10(17)11(19-8)7-6-14-13(18)15-12(7)21;1-20(2,3)5-4-8-9(16)10(17)11(19-8)7-6-14-13(21)15-12(7)18/h9,11-13,15,19-20H,2,7-8H2,1,3-4H3,(H,17,21,22);7,9-12,17-18H,2,5-6H2,1,3-4H3,(H,15,19,22);2*6,8-11,16-17H,1,4-5H2,2-3H3,(H2,14,15,18,21)/t11-,12-,13-,15?;9-,10-,11-,12?;2*8-,9-,10-,11?/m1111/s1. The third-order valence-corrected chi connectivity index (χ3v) is 21.5. The van der Waals surface area contributed by atoms with Gasteiger partial charge >= 0.3 is 17.1 Å². The molecule has 0 aliphatic carbocycles. The smallest absolute Gasteiger partial charge is 0.330 e. The van der Waals surface area contributed by atoms with Gasteiger partial charge in [0.15, 0.2) is 11.0 Å². The molecule has 16 atom stereocenters. The summed E-state index contributed by atoms with van der Waals surface area (Å²) in [7, 11) is 1.59. The number of rotatable bonds is 16. The summed E-state index contributed by atoms with van der Waals surface area (Å²) >= 11 is 15.0. The van der Waals surface area contributed by atoms with Gasteiger partial charge in [0.1, 0.15) is 82.0 Å². The van der Waals surface area contributed by atoms with E-state index in [-0.39, 0.29) is 30.9 Å². The Morgan fingerprint density at radius 1 is 0.500 bits per heavy atom. The summed E-state index contributed by atoms with van der Waals surface area (Å²) in [5.41, 5.74) is -1.17. The van der Waals surface area contributed by atoms with E-state index in [9.17, 15) is 64.8 Å². The molecule has 25 nitrogen and oxygen atoms in total. The van der Waals surface area contributed by atoms with Gasteiger partial charge in [0.05, 0.1) is 30.0 Å². The van der Waals surface area contributed by atoms with E-state index in [0.717, 1.165) is 29.2 Å². The van der Waals surface area contributed by atoms with Crippen LogP contribution < -0.4 is 28.2 Å². The summed E-state index contributed by atoms with van der Waals surface area (Å²) < 4.78 is 26.1. The SMILES string of the molecule is C=P(C)(C)CC[C@H]1OC(c2c[nH]c(=O)[nH]c2=S)[C@H](O)[C@@H]1O.C=P(C)(C)CC[C@H]1OC(c2c[nH]c(=S)[nH]c2=O)[C@H](O)[C@@H]1O.C=P(C)(C)CC[C@H]1OC(c2cn(C)c(=O)[nH]c2=S)[C@H](O)[C@@H]1O.C=P(C)(C)CC[C@H]1OC(n2cc(C#CC)c(=O)[nH]c2=O)[C@H](O)[C@@H]1O. The molecule has 32 heteroatoms. The number of hydrogen-bond acceptors (Lipinski definition) is 20. The fraction of sp³-hybridized carbons (Fsp3) is 0.607. The van der Waals surface area contributed by atoms with Crippen LogP contribution in [0.2, 0.25) is 0 Å². The van der Waals surface area contributed by atoms with Crippen LogP contribution in [0.25, 0.3) is 0 Å². The van der Waals surface area contributed by atoms with E-state index in [1.807, 2.05) is 0 Å². The van der Waals surface area contributed by atoms with Crippen molar-refractivity contribution >= 4 is 89.4 Å². The van der Waals surface area contributed by atoms with Crippen LogP contribution in [0.5, 0.6) is 0 Å². The van der Waals surface area contributed by atoms with E-state index in [1.54, 1.807) is 20.2 Å². The Hall–Kier alpha value is -3.74. The number of ether oxygens (including phenoxy) is 4. The molecule has 0 amide bonds. The molecule has 0 bridgehead atoms. The predicted octanol–water partition coefficient (Wildman–Crippen LogP) is 1.72. The number of aromatic amines is 6. The number of H-pyrrole nitrogens is 6. The fourth-order valence-corrected chi connectivity index (χ4v) is 14.3. The maximum Gasteiger partial charge on any atom is 0.330 e. The molecule has 4 aromatic rings. The second-order valence-electron chi connectivity index (χ2n) is 25.2. The van der Waals surface area contributed by atoms with Gasteiger partial charge in [-0.25, -0.2) is 14.4 Å². The highest BCUT2D eigenvalue weighted by molar-refractivity contribution is 7.73. The molecule has 492 valence electrons. The molecule has 4 aromatic heterocycles. The maximum absolute atomic E-state index is 12.0. The summed E-state index contributed by atoms with van der Waals surface area (Å²) in [5.74, 6) is 5.18. The van der Waals surface area contributed by atoms with Crippen LogP contribution in [0.4, 0.5) is 0 Å². The third kappa shape index (κ3) is 20.9. The lowest BCUT2D eigenvalue weighted by Gasteiger charge is -2.18. The largest absolute Gasteiger partial charge is 0.388 e. The van der Waals surface area contributed by atoms with Crippen molar-refractivity contribution in [1.82, 2.24) is 39.0 Å². The highest BCUT2D eigenvalue weighted by atomic mass is 32.1. The molecule has 0 spiro atoms. The average Bonchev–Trinajstić information content (AvgIpc) is 3.86. The van der Waals surface area contributed by atoms with Crippen LogP contribution >= 0.6 is 64.2 Å². The minimum absolute atomic E-state index is 0.0932. The molecule has 4 fully saturated rings. The van der Waals surface area contributed by atoms with Crippen LogP contribution in [0.15, 0.2) is 48.8 Å². The minimum atomic E-state index is -1.30. The van der Waals surface area contributed by atoms with Gasteiger partial charge in [-0.1, -0.05) is 30.4 Å². The number of nitrogens with one attached hydrogen (secondary N) is 6. The number of aromatic nitrogens is 8. The van der Waals surface area contributed by atoms with Gasteiger partial charge in [-0.05, 0) is 123 Å². The second kappa shape index (κ2) is 31.3. The van der Waals surface area contributed by atoms with E-state index in [2.05, 4.69) is 120 Å². The van der Waals surface area contributed by atoms with Crippen LogP contribution in [0.1, 0.15) is 79.4 Å². The molecule has 0 radical (unpaired) electrons. The summed E-state index contributed by atoms with van der Waals surface area (Å²) in [6, 6.07) is 0. The second-order valence-corrected chi connectivity index (χ2v) is 43.7. The van der Waals surface area contributed by atoms with Gasteiger partial charge in [-0.3, -0.25) is 34.1 Å². The number of aryl methyl sites for hydroxylation is 1. The van der Waals surface area contributed by atoms with Crippen molar-refractivity contribution < 1.29 is 59.8 Å². The molecule has 8 heterocycles. The Bertz CT molecular complexity index is 3730. The maximum atomic E-state index is 12.0. The molecule has 0 aromatic carbocycles. The summed E-state index contributed by atoms with van der Waals surface area (Å²) in [6.45, 7) is 13.4. The summed E-state index contributed by atoms with van der Waals surface area (Å²) in [6.07, 6.45) is 13.9. The van der Waals surface area contributed by atoms with Crippen LogP contribution in [0.3, 0.4) is 0 Å². The predicted molar refractivity (Wildman–Crippen MR) is 362 cm³/mol. The Morgan fingerprint density at radius 2 is 0.898 bits per heavy atom. The van der Waals surface area contributed by atoms with Crippen molar-refractivity contribution in [2.24, 2.45) is 7.05 Å². The molecule has 8 rings (SSSR count). The first-order valence-electron chi connectivity index (χ1n) is 28.1. The van der Waals surface area contributed by atoms with Gasteiger partial charge in [-0.2, -0.15) is 0 Å². The summed E-state index contributed by atoms with van der Waals surface area (Å²) in [4.78, 5) is 73.0. The van der Waals surface area contributed by atoms with Gasteiger partial charge < -0.3 is 74.3 Å². The van der Waals surface area contributed by atoms with Crippen molar-refractivity contribution in [3.8, 4) is 11.8 Å². The lowest BCUT2D eigenvalue weighted by atomic mass is 10.0. The van der Waals surface area contributed by atoms with Gasteiger partial charge in [0.2, 0.25) is 0 Å². The van der Waals surface area contributed by atoms with E-state index < -0.39 is 148 Å². The van der Waals surface area contributed by atoms with E-state index in [4.69, 9.17) is 55.6 Å². The Kier molecular flexibility index (Phi) is 26.6. The zero-order valence-corrected chi connectivity index (χ0v) is 57.2. The van der Waals surface area contributed by atoms with Gasteiger partial charge in [0, 0.05) is 43.0 Å². The van der Waals surface area contributed by atoms with Gasteiger partial charge in [-0.15, -0.1) is 58.7 Å². The Morgan fingerprint density at radius 3 is 1.32 bits per heavy atom. The number of aliphatic hydroxyl groups excluding tert-OH is 8. The number of nitrogens with zero attached hydrogens (tertiary/aromatic N) is 2. The molecular formula is C56H88N8O17P4S3. The van der Waals surface area contributed by atoms with Crippen LogP contribution in [0, 0.1) is 25.9 Å². The first-order chi connectivity index (χ1) is 40.6. The first kappa shape index (κ1) is 75.0. The number of aliphatic hydroxyl groups is 8. The fourth-order valence-electron chi connectivity index (χ4n) is 9.78. The minimum Gasteiger partial charge on any atom is -0.388 e. The third-order valence-electron chi connectivity index (χ3n) is 14.8. The van der Waals surface area contributed by atoms with Crippen molar-refractivity contribution in [3.63, 3.8) is 0 Å². The average molecular weight is 1370 g/mol. The summed E-state index contributed by atoms with van der Waals surface area (Å²) in [5, 5.41) is 81.5. The normalized spacial score (nSPS) is 28.8. The quantitative estimate of drug-likeness (QED) is 0.0431. The lowest BCUT2D eigenvalue weighted by molar-refractivity contribution is -0.0403. The Balaban J connectivity index is 0.000000214. The first-order valence-corrected chi connectivity index (χ1v) is 41.5. The van der Waals surface area contributed by atoms with E-state index >= 15 is 0 Å². The zero-order chi connectivity index (χ0) is 66.3. The molecule has 4 unspecified atom stereocenters. The lowest BCUT2D eigenvalue weighted by Crippen LogP contribution is -2.38. The van der Waals surface area contributed by atoms with Crippen molar-refractivity contribution in [3.05, 3.63) is 113 Å². The topological polar surface area (TPSA) is 389 Å². The highest BCUT2D eigenvalue weighted by Gasteiger charge is 2.47. The zero-order valence-electron chi connectivity index (χ0n) is 51.2. The van der Waals surface area contributed by atoms with E-state index in [1.165, 1.54) is 23.2 Å². The van der Waals surface area contributed by atoms with Crippen LogP contribution in [-0.2, 0) is 26.0 Å². The molecular weight excluding hydrogens is 1280 g/mol. The molecule has 88 heavy (non-hydrogen) atoms. The van der Waals surface area contributed by atoms with Crippen molar-refractivity contribution in [2.45, 2.75) is 130 Å². The van der Waals surface area contributed by atoms with Crippen molar-refractivity contribution in [1.29, 1.82) is 0 Å². The monoisotopic (exact) mass is 1360 g/mol. The number of hydrogen-bond donors (Lipinski definition) is 14. The molecule has 14 N–H and O–H groups in total. The van der Waals surface area contributed by atoms with E-state index in [0.29, 0.717) is 36.8 Å². The van der Waals surface area contributed by atoms with Crippen molar-refractivity contribution in [2.75, 3.05) is 78.0 Å².